The number of aromatic nitrogens is 2. The van der Waals surface area contributed by atoms with Crippen LogP contribution >= 0.6 is 0 Å². The molecule has 1 unspecified atom stereocenters. The Hall–Kier alpha value is -1.98. The second-order valence-electron chi connectivity index (χ2n) is 5.96. The topological polar surface area (TPSA) is 122 Å². The predicted octanol–water partition coefficient (Wildman–Crippen LogP) is -1.08. The van der Waals surface area contributed by atoms with Crippen molar-refractivity contribution in [1.82, 2.24) is 19.0 Å². The highest BCUT2D eigenvalue weighted by atomic mass is 32.2. The maximum Gasteiger partial charge on any atom is 0.318 e. The number of sulfonamides is 1. The Morgan fingerprint density at radius 2 is 2.16 bits per heavy atom. The zero-order valence-electron chi connectivity index (χ0n) is 14.4. The van der Waals surface area contributed by atoms with Crippen molar-refractivity contribution in [3.8, 4) is 0 Å². The molecule has 0 spiro atoms. The number of carbonyl (C=O) groups is 2. The van der Waals surface area contributed by atoms with Gasteiger partial charge in [0.05, 0.1) is 30.7 Å². The highest BCUT2D eigenvalue weighted by Crippen LogP contribution is 2.15. The van der Waals surface area contributed by atoms with Crippen LogP contribution in [0, 0.1) is 6.92 Å². The molecule has 0 bridgehead atoms. The third-order valence-electron chi connectivity index (χ3n) is 4.08. The van der Waals surface area contributed by atoms with Crippen LogP contribution in [-0.4, -0.2) is 89.5 Å². The molecule has 1 saturated heterocycles. The normalized spacial score (nSPS) is 18.6. The van der Waals surface area contributed by atoms with Gasteiger partial charge < -0.3 is 14.7 Å². The maximum absolute atomic E-state index is 12.6. The molecule has 0 saturated carbocycles. The molecule has 0 aromatic carbocycles. The first-order valence-electron chi connectivity index (χ1n) is 7.66. The molecule has 1 N–H and O–H groups in total. The number of carboxylic acid groups (broad SMARTS) is 1. The number of aryl methyl sites for hydroxylation is 1. The van der Waals surface area contributed by atoms with Gasteiger partial charge in [0.25, 0.3) is 5.91 Å². The van der Waals surface area contributed by atoms with E-state index >= 15 is 0 Å². The van der Waals surface area contributed by atoms with Gasteiger partial charge in [0.1, 0.15) is 6.54 Å². The van der Waals surface area contributed by atoms with Crippen LogP contribution in [0.15, 0.2) is 6.20 Å². The molecule has 1 aromatic heterocycles. The molecule has 1 aliphatic rings. The Kier molecular flexibility index (Phi) is 5.80. The van der Waals surface area contributed by atoms with Crippen LogP contribution in [0.5, 0.6) is 0 Å². The van der Waals surface area contributed by atoms with E-state index in [9.17, 15) is 18.0 Å². The van der Waals surface area contributed by atoms with E-state index in [0.717, 1.165) is 16.3 Å². The summed E-state index contributed by atoms with van der Waals surface area (Å²) < 4.78 is 31.4. The minimum Gasteiger partial charge on any atom is -0.480 e. The number of nitrogens with zero attached hydrogens (tertiary/aromatic N) is 4. The molecular formula is C14H22N4O6S. The summed E-state index contributed by atoms with van der Waals surface area (Å²) in [4.78, 5) is 25.1. The van der Waals surface area contributed by atoms with Gasteiger partial charge in [-0.3, -0.25) is 14.3 Å². The highest BCUT2D eigenvalue weighted by molar-refractivity contribution is 7.88. The monoisotopic (exact) mass is 374 g/mol. The van der Waals surface area contributed by atoms with Crippen LogP contribution in [-0.2, 0) is 26.6 Å². The summed E-state index contributed by atoms with van der Waals surface area (Å²) in [6, 6.07) is 0. The lowest BCUT2D eigenvalue weighted by molar-refractivity contribution is -0.137. The number of amides is 1. The standard InChI is InChI=1S/C14H22N4O6S/c1-10-12(6-15-16(10)2)14(21)17-4-5-24-11(7-17)8-18(9-13(19)20)25(3,22)23/h6,11H,4-5,7-9H2,1-3H3,(H,19,20). The zero-order valence-corrected chi connectivity index (χ0v) is 15.2. The molecule has 10 nitrogen and oxygen atoms in total. The van der Waals surface area contributed by atoms with Gasteiger partial charge in [-0.05, 0) is 6.92 Å². The van der Waals surface area contributed by atoms with E-state index in [2.05, 4.69) is 5.10 Å². The molecule has 1 aromatic rings. The summed E-state index contributed by atoms with van der Waals surface area (Å²) in [6.45, 7) is 1.83. The maximum atomic E-state index is 12.6. The average molecular weight is 374 g/mol. The molecule has 0 radical (unpaired) electrons. The summed E-state index contributed by atoms with van der Waals surface area (Å²) in [5.74, 6) is -1.46. The first-order valence-corrected chi connectivity index (χ1v) is 9.50. The van der Waals surface area contributed by atoms with Crippen molar-refractivity contribution < 1.29 is 27.9 Å². The number of carboxylic acids is 1. The number of hydrogen-bond donors (Lipinski definition) is 1. The van der Waals surface area contributed by atoms with Crippen molar-refractivity contribution in [3.63, 3.8) is 0 Å². The van der Waals surface area contributed by atoms with Crippen molar-refractivity contribution in [2.45, 2.75) is 13.0 Å². The van der Waals surface area contributed by atoms with Crippen LogP contribution in [0.4, 0.5) is 0 Å². The Morgan fingerprint density at radius 1 is 1.48 bits per heavy atom. The fraction of sp³-hybridized carbons (Fsp3) is 0.643. The molecule has 1 amide bonds. The first-order chi connectivity index (χ1) is 11.6. The van der Waals surface area contributed by atoms with Crippen molar-refractivity contribution in [3.05, 3.63) is 17.5 Å². The molecular weight excluding hydrogens is 352 g/mol. The predicted molar refractivity (Wildman–Crippen MR) is 87.6 cm³/mol. The number of hydrogen-bond acceptors (Lipinski definition) is 6. The van der Waals surface area contributed by atoms with Crippen LogP contribution in [0.25, 0.3) is 0 Å². The molecule has 140 valence electrons. The fourth-order valence-electron chi connectivity index (χ4n) is 2.59. The number of rotatable bonds is 6. The van der Waals surface area contributed by atoms with Gasteiger partial charge in [-0.25, -0.2) is 8.42 Å². The number of morpholine rings is 1. The summed E-state index contributed by atoms with van der Waals surface area (Å²) in [5.41, 5.74) is 1.21. The number of aliphatic carboxylic acids is 1. The molecule has 1 aliphatic heterocycles. The molecule has 2 heterocycles. The Labute approximate surface area is 146 Å². The number of ether oxygens (including phenoxy) is 1. The van der Waals surface area contributed by atoms with E-state index in [1.165, 1.54) is 6.20 Å². The summed E-state index contributed by atoms with van der Waals surface area (Å²) >= 11 is 0. The van der Waals surface area contributed by atoms with Crippen molar-refractivity contribution in [1.29, 1.82) is 0 Å². The molecule has 1 fully saturated rings. The average Bonchev–Trinajstić information content (AvgIpc) is 2.84. The van der Waals surface area contributed by atoms with E-state index < -0.39 is 28.6 Å². The SMILES string of the molecule is Cc1c(C(=O)N2CCOC(CN(CC(=O)O)S(C)(=O)=O)C2)cnn1C. The summed E-state index contributed by atoms with van der Waals surface area (Å²) in [6.07, 6.45) is 1.85. The molecule has 1 atom stereocenters. The lowest BCUT2D eigenvalue weighted by atomic mass is 10.2. The van der Waals surface area contributed by atoms with Crippen molar-refractivity contribution in [2.24, 2.45) is 7.05 Å². The Morgan fingerprint density at radius 3 is 2.68 bits per heavy atom. The Balaban J connectivity index is 2.08. The second kappa shape index (κ2) is 7.50. The molecule has 0 aliphatic carbocycles. The Bertz CT molecular complexity index is 759. The summed E-state index contributed by atoms with van der Waals surface area (Å²) in [5, 5.41) is 12.9. The van der Waals surface area contributed by atoms with Gasteiger partial charge in [-0.2, -0.15) is 9.40 Å². The first kappa shape index (κ1) is 19.3. The largest absolute Gasteiger partial charge is 0.480 e. The van der Waals surface area contributed by atoms with E-state index in [4.69, 9.17) is 9.84 Å². The molecule has 2 rings (SSSR count). The van der Waals surface area contributed by atoms with E-state index in [1.54, 1.807) is 23.6 Å². The van der Waals surface area contributed by atoms with Gasteiger partial charge in [-0.15, -0.1) is 0 Å². The van der Waals surface area contributed by atoms with Crippen LogP contribution in [0.2, 0.25) is 0 Å². The van der Waals surface area contributed by atoms with Crippen LogP contribution < -0.4 is 0 Å². The van der Waals surface area contributed by atoms with E-state index in [-0.39, 0.29) is 25.6 Å². The minimum absolute atomic E-state index is 0.124. The van der Waals surface area contributed by atoms with E-state index in [1.807, 2.05) is 0 Å². The fourth-order valence-corrected chi connectivity index (χ4v) is 3.37. The third kappa shape index (κ3) is 4.77. The molecule has 11 heteroatoms. The van der Waals surface area contributed by atoms with Gasteiger partial charge in [0.15, 0.2) is 0 Å². The zero-order chi connectivity index (χ0) is 18.8. The lowest BCUT2D eigenvalue weighted by Gasteiger charge is -2.34. The smallest absolute Gasteiger partial charge is 0.318 e. The van der Waals surface area contributed by atoms with Crippen LogP contribution in [0.1, 0.15) is 16.1 Å². The second-order valence-corrected chi connectivity index (χ2v) is 7.94. The van der Waals surface area contributed by atoms with Crippen molar-refractivity contribution in [2.75, 3.05) is 39.0 Å². The molecule has 25 heavy (non-hydrogen) atoms. The third-order valence-corrected chi connectivity index (χ3v) is 5.30. The van der Waals surface area contributed by atoms with Crippen molar-refractivity contribution >= 4 is 21.9 Å². The van der Waals surface area contributed by atoms with Crippen LogP contribution in [0.3, 0.4) is 0 Å². The lowest BCUT2D eigenvalue weighted by Crippen LogP contribution is -2.51. The van der Waals surface area contributed by atoms with Gasteiger partial charge in [0.2, 0.25) is 10.0 Å². The highest BCUT2D eigenvalue weighted by Gasteiger charge is 2.31. The van der Waals surface area contributed by atoms with Gasteiger partial charge >= 0.3 is 5.97 Å². The quantitative estimate of drug-likeness (QED) is 0.672. The van der Waals surface area contributed by atoms with Gasteiger partial charge in [0, 0.05) is 32.4 Å². The van der Waals surface area contributed by atoms with E-state index in [0.29, 0.717) is 12.1 Å². The number of carbonyl (C=O) groups excluding carboxylic acids is 1. The van der Waals surface area contributed by atoms with Gasteiger partial charge in [-0.1, -0.05) is 0 Å². The summed E-state index contributed by atoms with van der Waals surface area (Å²) in [7, 11) is -1.96. The minimum atomic E-state index is -3.70.